The number of aliphatic carboxylic acids is 1. The van der Waals surface area contributed by atoms with E-state index in [0.29, 0.717) is 17.4 Å². The molecule has 0 radical (unpaired) electrons. The number of aryl methyl sites for hydroxylation is 1. The summed E-state index contributed by atoms with van der Waals surface area (Å²) in [5.74, 6) is -0.935. The molecule has 1 N–H and O–H groups in total. The van der Waals surface area contributed by atoms with Crippen LogP contribution in [-0.2, 0) is 11.2 Å². The van der Waals surface area contributed by atoms with Crippen molar-refractivity contribution in [1.29, 1.82) is 0 Å². The van der Waals surface area contributed by atoms with Crippen LogP contribution in [0.1, 0.15) is 19.4 Å². The van der Waals surface area contributed by atoms with Crippen LogP contribution >= 0.6 is 11.6 Å². The number of hydrogen-bond acceptors (Lipinski definition) is 4. The Labute approximate surface area is 119 Å². The Bertz CT molecular complexity index is 719. The normalized spacial score (nSPS) is 12.3. The molecule has 20 heavy (non-hydrogen) atoms. The Kier molecular flexibility index (Phi) is 3.99. The van der Waals surface area contributed by atoms with E-state index in [2.05, 4.69) is 0 Å². The predicted octanol–water partition coefficient (Wildman–Crippen LogP) is 2.86. The van der Waals surface area contributed by atoms with Crippen molar-refractivity contribution in [3.05, 3.63) is 39.2 Å². The van der Waals surface area contributed by atoms with Gasteiger partial charge in [-0.05, 0) is 25.0 Å². The van der Waals surface area contributed by atoms with E-state index in [-0.39, 0.29) is 10.8 Å². The summed E-state index contributed by atoms with van der Waals surface area (Å²) in [5, 5.41) is 9.82. The number of carboxylic acid groups (broad SMARTS) is 1. The lowest BCUT2D eigenvalue weighted by Crippen LogP contribution is -2.23. The fourth-order valence-corrected chi connectivity index (χ4v) is 2.06. The minimum absolute atomic E-state index is 0.172. The molecule has 0 aliphatic carbocycles. The summed E-state index contributed by atoms with van der Waals surface area (Å²) in [6.07, 6.45) is -0.393. The minimum Gasteiger partial charge on any atom is -0.479 e. The van der Waals surface area contributed by atoms with Crippen LogP contribution in [0, 0.1) is 0 Å². The van der Waals surface area contributed by atoms with Crippen LogP contribution in [0.3, 0.4) is 0 Å². The van der Waals surface area contributed by atoms with Gasteiger partial charge in [-0.3, -0.25) is 0 Å². The van der Waals surface area contributed by atoms with Crippen molar-refractivity contribution in [2.75, 3.05) is 0 Å². The van der Waals surface area contributed by atoms with Crippen molar-refractivity contribution >= 4 is 28.5 Å². The van der Waals surface area contributed by atoms with Gasteiger partial charge in [0, 0.05) is 17.5 Å². The molecule has 0 unspecified atom stereocenters. The van der Waals surface area contributed by atoms with Crippen molar-refractivity contribution in [1.82, 2.24) is 0 Å². The minimum atomic E-state index is -1.11. The number of hydrogen-bond donors (Lipinski definition) is 1. The number of benzene rings is 1. The molecule has 0 saturated heterocycles. The Balaban J connectivity index is 2.57. The zero-order valence-electron chi connectivity index (χ0n) is 11.0. The molecule has 0 amide bonds. The van der Waals surface area contributed by atoms with Gasteiger partial charge in [0.25, 0.3) is 0 Å². The van der Waals surface area contributed by atoms with E-state index in [1.807, 2.05) is 6.92 Å². The van der Waals surface area contributed by atoms with Crippen molar-refractivity contribution in [3.8, 4) is 5.75 Å². The van der Waals surface area contributed by atoms with Crippen LogP contribution in [0.25, 0.3) is 11.0 Å². The maximum Gasteiger partial charge on any atom is 0.344 e. The van der Waals surface area contributed by atoms with E-state index >= 15 is 0 Å². The zero-order chi connectivity index (χ0) is 14.9. The molecular weight excluding hydrogens is 284 g/mol. The Morgan fingerprint density at radius 1 is 1.45 bits per heavy atom. The molecular formula is C14H13ClO5. The molecule has 2 rings (SSSR count). The van der Waals surface area contributed by atoms with E-state index in [4.69, 9.17) is 25.9 Å². The molecule has 2 aromatic rings. The van der Waals surface area contributed by atoms with Crippen LogP contribution in [-0.4, -0.2) is 17.2 Å². The molecule has 0 spiro atoms. The van der Waals surface area contributed by atoms with Crippen LogP contribution in [0.2, 0.25) is 5.02 Å². The quantitative estimate of drug-likeness (QED) is 0.878. The zero-order valence-corrected chi connectivity index (χ0v) is 11.7. The highest BCUT2D eigenvalue weighted by Crippen LogP contribution is 2.32. The molecule has 1 heterocycles. The Morgan fingerprint density at radius 3 is 2.75 bits per heavy atom. The molecule has 1 aromatic heterocycles. The summed E-state index contributed by atoms with van der Waals surface area (Å²) >= 11 is 6.08. The topological polar surface area (TPSA) is 76.7 Å². The second kappa shape index (κ2) is 5.54. The molecule has 106 valence electrons. The first-order valence-corrected chi connectivity index (χ1v) is 6.46. The van der Waals surface area contributed by atoms with Crippen LogP contribution in [0.5, 0.6) is 5.75 Å². The van der Waals surface area contributed by atoms with Gasteiger partial charge in [0.15, 0.2) is 6.10 Å². The van der Waals surface area contributed by atoms with Crippen molar-refractivity contribution in [2.45, 2.75) is 26.4 Å². The number of rotatable bonds is 4. The molecule has 0 saturated carbocycles. The van der Waals surface area contributed by atoms with Gasteiger partial charge in [-0.1, -0.05) is 18.5 Å². The molecule has 0 bridgehead atoms. The molecule has 6 heteroatoms. The third-order valence-electron chi connectivity index (χ3n) is 2.92. The highest BCUT2D eigenvalue weighted by atomic mass is 35.5. The molecule has 1 atom stereocenters. The average molecular weight is 297 g/mol. The van der Waals surface area contributed by atoms with Gasteiger partial charge in [-0.2, -0.15) is 0 Å². The SMILES string of the molecule is CCc1cc(=O)oc2cc(O[C@H](C)C(=O)O)c(Cl)cc12. The number of ether oxygens (including phenoxy) is 1. The van der Waals surface area contributed by atoms with Gasteiger partial charge < -0.3 is 14.3 Å². The van der Waals surface area contributed by atoms with Crippen LogP contribution < -0.4 is 10.4 Å². The first kappa shape index (κ1) is 14.4. The monoisotopic (exact) mass is 296 g/mol. The maximum absolute atomic E-state index is 11.5. The van der Waals surface area contributed by atoms with Gasteiger partial charge >= 0.3 is 11.6 Å². The van der Waals surface area contributed by atoms with E-state index in [9.17, 15) is 9.59 Å². The second-order valence-corrected chi connectivity index (χ2v) is 4.73. The van der Waals surface area contributed by atoms with Gasteiger partial charge in [0.1, 0.15) is 11.3 Å². The molecule has 5 nitrogen and oxygen atoms in total. The Morgan fingerprint density at radius 2 is 2.15 bits per heavy atom. The summed E-state index contributed by atoms with van der Waals surface area (Å²) in [6.45, 7) is 3.31. The summed E-state index contributed by atoms with van der Waals surface area (Å²) < 4.78 is 10.3. The summed E-state index contributed by atoms with van der Waals surface area (Å²) in [5.41, 5.74) is 0.677. The summed E-state index contributed by atoms with van der Waals surface area (Å²) in [4.78, 5) is 22.2. The van der Waals surface area contributed by atoms with Gasteiger partial charge in [0.05, 0.1) is 5.02 Å². The van der Waals surface area contributed by atoms with E-state index in [1.54, 1.807) is 6.07 Å². The summed E-state index contributed by atoms with van der Waals surface area (Å²) in [7, 11) is 0. The highest BCUT2D eigenvalue weighted by molar-refractivity contribution is 6.32. The lowest BCUT2D eigenvalue weighted by molar-refractivity contribution is -0.144. The second-order valence-electron chi connectivity index (χ2n) is 4.32. The molecule has 0 aliphatic heterocycles. The third-order valence-corrected chi connectivity index (χ3v) is 3.21. The van der Waals surface area contributed by atoms with E-state index in [1.165, 1.54) is 19.1 Å². The van der Waals surface area contributed by atoms with Gasteiger partial charge in [-0.15, -0.1) is 0 Å². The standard InChI is InChI=1S/C14H13ClO5/c1-3-8-4-13(16)20-11-6-12(10(15)5-9(8)11)19-7(2)14(17)18/h4-7H,3H2,1-2H3,(H,17,18)/t7-/m1/s1. The van der Waals surface area contributed by atoms with Crippen LogP contribution in [0.4, 0.5) is 0 Å². The first-order valence-electron chi connectivity index (χ1n) is 6.08. The molecule has 0 aliphatic rings. The average Bonchev–Trinajstić information content (AvgIpc) is 2.39. The van der Waals surface area contributed by atoms with Crippen molar-refractivity contribution < 1.29 is 19.1 Å². The van der Waals surface area contributed by atoms with E-state index in [0.717, 1.165) is 5.56 Å². The highest BCUT2D eigenvalue weighted by Gasteiger charge is 2.16. The predicted molar refractivity (Wildman–Crippen MR) is 74.6 cm³/mol. The fourth-order valence-electron chi connectivity index (χ4n) is 1.85. The summed E-state index contributed by atoms with van der Waals surface area (Å²) in [6, 6.07) is 4.47. The largest absolute Gasteiger partial charge is 0.479 e. The number of carboxylic acids is 1. The van der Waals surface area contributed by atoms with Crippen molar-refractivity contribution in [2.24, 2.45) is 0 Å². The molecule has 0 fully saturated rings. The van der Waals surface area contributed by atoms with Gasteiger partial charge in [0.2, 0.25) is 0 Å². The maximum atomic E-state index is 11.5. The number of halogens is 1. The smallest absolute Gasteiger partial charge is 0.344 e. The third kappa shape index (κ3) is 2.77. The first-order chi connectivity index (χ1) is 9.42. The van der Waals surface area contributed by atoms with Crippen LogP contribution in [0.15, 0.2) is 27.4 Å². The molecule has 1 aromatic carbocycles. The fraction of sp³-hybridized carbons (Fsp3) is 0.286. The lowest BCUT2D eigenvalue weighted by Gasteiger charge is -2.13. The number of fused-ring (bicyclic) bond motifs is 1. The van der Waals surface area contributed by atoms with Gasteiger partial charge in [-0.25, -0.2) is 9.59 Å². The lowest BCUT2D eigenvalue weighted by atomic mass is 10.1. The Hall–Kier alpha value is -2.01. The van der Waals surface area contributed by atoms with Crippen molar-refractivity contribution in [3.63, 3.8) is 0 Å². The van der Waals surface area contributed by atoms with E-state index < -0.39 is 17.7 Å². The number of carbonyl (C=O) groups is 1.